The second-order valence-electron chi connectivity index (χ2n) is 6.60. The fourth-order valence-corrected chi connectivity index (χ4v) is 4.60. The molecule has 2 aliphatic heterocycles. The molecule has 0 radical (unpaired) electrons. The molecule has 2 N–H and O–H groups in total. The Hall–Kier alpha value is -1.51. The van der Waals surface area contributed by atoms with Crippen molar-refractivity contribution in [3.63, 3.8) is 0 Å². The zero-order valence-electron chi connectivity index (χ0n) is 13.8. The van der Waals surface area contributed by atoms with Crippen molar-refractivity contribution in [2.75, 3.05) is 13.6 Å². The van der Waals surface area contributed by atoms with Crippen LogP contribution in [0.1, 0.15) is 32.1 Å². The molecule has 8 heteroatoms. The van der Waals surface area contributed by atoms with Crippen LogP contribution in [0, 0.1) is 0 Å². The monoisotopic (exact) mass is 352 g/mol. The number of aromatic nitrogens is 1. The van der Waals surface area contributed by atoms with Gasteiger partial charge in [-0.15, -0.1) is 0 Å². The molecule has 3 heterocycles. The van der Waals surface area contributed by atoms with E-state index in [0.717, 1.165) is 12.8 Å². The van der Waals surface area contributed by atoms with Gasteiger partial charge >= 0.3 is 0 Å². The van der Waals surface area contributed by atoms with Crippen LogP contribution in [0.25, 0.3) is 0 Å². The van der Waals surface area contributed by atoms with Crippen molar-refractivity contribution in [2.45, 2.75) is 55.1 Å². The first-order valence-electron chi connectivity index (χ1n) is 8.37. The van der Waals surface area contributed by atoms with Gasteiger partial charge in [-0.3, -0.25) is 9.78 Å². The third kappa shape index (κ3) is 3.93. The molecule has 1 aromatic rings. The number of hydrogen-bond acceptors (Lipinski definition) is 5. The first kappa shape index (κ1) is 17.3. The highest BCUT2D eigenvalue weighted by Crippen LogP contribution is 2.29. The molecule has 1 aromatic heterocycles. The van der Waals surface area contributed by atoms with Gasteiger partial charge in [-0.05, 0) is 37.8 Å². The summed E-state index contributed by atoms with van der Waals surface area (Å²) in [7, 11) is -1.78. The van der Waals surface area contributed by atoms with Crippen LogP contribution in [0.15, 0.2) is 29.4 Å². The second kappa shape index (κ2) is 7.16. The van der Waals surface area contributed by atoms with Crippen LogP contribution in [0.4, 0.5) is 0 Å². The first-order valence-corrected chi connectivity index (χ1v) is 9.85. The molecular weight excluding hydrogens is 328 g/mol. The molecule has 2 atom stereocenters. The fourth-order valence-electron chi connectivity index (χ4n) is 3.61. The third-order valence-corrected chi connectivity index (χ3v) is 6.41. The Bertz CT molecular complexity index is 668. The molecule has 2 aliphatic rings. The first-order chi connectivity index (χ1) is 11.5. The second-order valence-corrected chi connectivity index (χ2v) is 8.37. The van der Waals surface area contributed by atoms with Gasteiger partial charge in [-0.2, -0.15) is 0 Å². The van der Waals surface area contributed by atoms with Crippen LogP contribution in [-0.4, -0.2) is 55.9 Å². The summed E-state index contributed by atoms with van der Waals surface area (Å²) in [5.41, 5.74) is 0. The number of sulfonamides is 1. The lowest BCUT2D eigenvalue weighted by molar-refractivity contribution is -0.132. The summed E-state index contributed by atoms with van der Waals surface area (Å²) in [6, 6.07) is 4.35. The number of hydrogen-bond donors (Lipinski definition) is 2. The molecule has 0 aliphatic carbocycles. The van der Waals surface area contributed by atoms with Crippen LogP contribution in [0.2, 0.25) is 0 Å². The number of nitrogens with zero attached hydrogens (tertiary/aromatic N) is 2. The molecule has 2 unspecified atom stereocenters. The van der Waals surface area contributed by atoms with Gasteiger partial charge in [0.1, 0.15) is 4.90 Å². The molecule has 132 valence electrons. The van der Waals surface area contributed by atoms with E-state index < -0.39 is 10.0 Å². The van der Waals surface area contributed by atoms with Gasteiger partial charge < -0.3 is 10.2 Å². The summed E-state index contributed by atoms with van der Waals surface area (Å²) in [5.74, 6) is -0.0183. The Morgan fingerprint density at radius 1 is 1.38 bits per heavy atom. The summed E-state index contributed by atoms with van der Waals surface area (Å²) < 4.78 is 26.7. The molecule has 2 bridgehead atoms. The van der Waals surface area contributed by atoms with Crippen molar-refractivity contribution in [2.24, 2.45) is 0 Å². The van der Waals surface area contributed by atoms with E-state index in [1.54, 1.807) is 11.0 Å². The highest BCUT2D eigenvalue weighted by molar-refractivity contribution is 7.89. The highest BCUT2D eigenvalue weighted by Gasteiger charge is 2.36. The van der Waals surface area contributed by atoms with E-state index in [4.69, 9.17) is 0 Å². The van der Waals surface area contributed by atoms with Gasteiger partial charge in [0.15, 0.2) is 0 Å². The SMILES string of the molecule is CN(C(=O)CCNS(=O)(=O)c1cccnc1)C1CC2CCC(C1)N2. The van der Waals surface area contributed by atoms with Crippen molar-refractivity contribution >= 4 is 15.9 Å². The maximum atomic E-state index is 12.4. The smallest absolute Gasteiger partial charge is 0.242 e. The Kier molecular flexibility index (Phi) is 5.17. The molecule has 0 saturated carbocycles. The quantitative estimate of drug-likeness (QED) is 0.778. The van der Waals surface area contributed by atoms with Crippen molar-refractivity contribution in [3.8, 4) is 0 Å². The van der Waals surface area contributed by atoms with E-state index >= 15 is 0 Å². The Balaban J connectivity index is 1.49. The van der Waals surface area contributed by atoms with E-state index in [-0.39, 0.29) is 29.8 Å². The minimum absolute atomic E-state index is 0.0183. The molecule has 3 rings (SSSR count). The number of carbonyl (C=O) groups is 1. The van der Waals surface area contributed by atoms with Gasteiger partial charge in [-0.25, -0.2) is 13.1 Å². The zero-order valence-corrected chi connectivity index (χ0v) is 14.6. The summed E-state index contributed by atoms with van der Waals surface area (Å²) in [5, 5.41) is 3.56. The zero-order chi connectivity index (χ0) is 17.2. The van der Waals surface area contributed by atoms with E-state index in [0.29, 0.717) is 12.1 Å². The van der Waals surface area contributed by atoms with Crippen LogP contribution < -0.4 is 10.0 Å². The summed E-state index contributed by atoms with van der Waals surface area (Å²) in [6.07, 6.45) is 7.32. The molecule has 2 saturated heterocycles. The average Bonchev–Trinajstić information content (AvgIpc) is 2.92. The predicted molar refractivity (Wildman–Crippen MR) is 89.8 cm³/mol. The van der Waals surface area contributed by atoms with E-state index in [1.165, 1.54) is 31.3 Å². The Morgan fingerprint density at radius 2 is 2.08 bits per heavy atom. The number of rotatable bonds is 6. The molecule has 2 fully saturated rings. The van der Waals surface area contributed by atoms with Crippen LogP contribution in [0.5, 0.6) is 0 Å². The lowest BCUT2D eigenvalue weighted by atomic mass is 9.98. The minimum atomic E-state index is -3.61. The predicted octanol–water partition coefficient (Wildman–Crippen LogP) is 0.491. The maximum absolute atomic E-state index is 12.4. The van der Waals surface area contributed by atoms with Gasteiger partial charge in [0.2, 0.25) is 15.9 Å². The van der Waals surface area contributed by atoms with Crippen molar-refractivity contribution < 1.29 is 13.2 Å². The number of carbonyl (C=O) groups excluding carboxylic acids is 1. The lowest BCUT2D eigenvalue weighted by Gasteiger charge is -2.35. The third-order valence-electron chi connectivity index (χ3n) is 4.96. The minimum Gasteiger partial charge on any atom is -0.343 e. The van der Waals surface area contributed by atoms with Crippen molar-refractivity contribution in [1.29, 1.82) is 0 Å². The number of pyridine rings is 1. The normalized spacial score (nSPS) is 26.3. The van der Waals surface area contributed by atoms with Crippen LogP contribution >= 0.6 is 0 Å². The van der Waals surface area contributed by atoms with Crippen molar-refractivity contribution in [3.05, 3.63) is 24.5 Å². The standard InChI is InChI=1S/C16H24N4O3S/c1-20(14-9-12-4-5-13(10-14)19-12)16(21)6-8-18-24(22,23)15-3-2-7-17-11-15/h2-3,7,11-14,18-19H,4-6,8-10H2,1H3. The Labute approximate surface area is 142 Å². The summed E-state index contributed by atoms with van der Waals surface area (Å²) in [6.45, 7) is 0.0955. The van der Waals surface area contributed by atoms with Gasteiger partial charge in [0.05, 0.1) is 0 Å². The lowest BCUT2D eigenvalue weighted by Crippen LogP contribution is -2.49. The molecule has 24 heavy (non-hydrogen) atoms. The van der Waals surface area contributed by atoms with Gasteiger partial charge in [0, 0.05) is 50.5 Å². The Morgan fingerprint density at radius 3 is 2.71 bits per heavy atom. The van der Waals surface area contributed by atoms with E-state index in [2.05, 4.69) is 15.0 Å². The highest BCUT2D eigenvalue weighted by atomic mass is 32.2. The number of amides is 1. The number of fused-ring (bicyclic) bond motifs is 2. The largest absolute Gasteiger partial charge is 0.343 e. The summed E-state index contributed by atoms with van der Waals surface area (Å²) in [4.78, 5) is 18.1. The molecule has 1 amide bonds. The fraction of sp³-hybridized carbons (Fsp3) is 0.625. The van der Waals surface area contributed by atoms with Gasteiger partial charge in [0.25, 0.3) is 0 Å². The molecule has 0 spiro atoms. The maximum Gasteiger partial charge on any atom is 0.242 e. The molecule has 7 nitrogen and oxygen atoms in total. The van der Waals surface area contributed by atoms with Crippen molar-refractivity contribution in [1.82, 2.24) is 19.9 Å². The summed E-state index contributed by atoms with van der Waals surface area (Å²) >= 11 is 0. The number of piperidine rings is 1. The molecule has 0 aromatic carbocycles. The number of nitrogens with one attached hydrogen (secondary N) is 2. The molecular formula is C16H24N4O3S. The van der Waals surface area contributed by atoms with E-state index in [1.807, 2.05) is 7.05 Å². The van der Waals surface area contributed by atoms with Crippen LogP contribution in [-0.2, 0) is 14.8 Å². The topological polar surface area (TPSA) is 91.4 Å². The average molecular weight is 352 g/mol. The van der Waals surface area contributed by atoms with Gasteiger partial charge in [-0.1, -0.05) is 0 Å². The van der Waals surface area contributed by atoms with E-state index in [9.17, 15) is 13.2 Å². The van der Waals surface area contributed by atoms with Crippen LogP contribution in [0.3, 0.4) is 0 Å².